The molecule has 0 spiro atoms. The number of carbonyl (C=O) groups excluding carboxylic acids is 2. The average Bonchev–Trinajstić information content (AvgIpc) is 2.61. The SMILES string of the molecule is CC(C)C[C@@H](NC(=O)c1ccc(C(=O)Nc2ccccc2)cc1)C(=O)O. The van der Waals surface area contributed by atoms with Crippen molar-refractivity contribution < 1.29 is 19.5 Å². The summed E-state index contributed by atoms with van der Waals surface area (Å²) in [5, 5.41) is 14.5. The molecule has 136 valence electrons. The Labute approximate surface area is 152 Å². The van der Waals surface area contributed by atoms with Crippen LogP contribution in [-0.2, 0) is 4.79 Å². The lowest BCUT2D eigenvalue weighted by Crippen LogP contribution is -2.41. The second-order valence-electron chi connectivity index (χ2n) is 6.39. The molecule has 3 N–H and O–H groups in total. The molecule has 0 fully saturated rings. The highest BCUT2D eigenvalue weighted by atomic mass is 16.4. The van der Waals surface area contributed by atoms with Crippen molar-refractivity contribution in [1.82, 2.24) is 5.32 Å². The Kier molecular flexibility index (Phi) is 6.49. The van der Waals surface area contributed by atoms with Gasteiger partial charge in [-0.1, -0.05) is 32.0 Å². The number of carboxylic acids is 1. The van der Waals surface area contributed by atoms with Gasteiger partial charge in [-0.2, -0.15) is 0 Å². The number of carboxylic acid groups (broad SMARTS) is 1. The number of para-hydroxylation sites is 1. The molecule has 0 radical (unpaired) electrons. The van der Waals surface area contributed by atoms with E-state index < -0.39 is 17.9 Å². The van der Waals surface area contributed by atoms with Gasteiger partial charge in [0.2, 0.25) is 0 Å². The van der Waals surface area contributed by atoms with Gasteiger partial charge in [-0.05, 0) is 48.7 Å². The van der Waals surface area contributed by atoms with E-state index in [1.807, 2.05) is 32.0 Å². The van der Waals surface area contributed by atoms with Crippen LogP contribution in [0.5, 0.6) is 0 Å². The van der Waals surface area contributed by atoms with Gasteiger partial charge in [0.05, 0.1) is 0 Å². The van der Waals surface area contributed by atoms with E-state index >= 15 is 0 Å². The van der Waals surface area contributed by atoms with Crippen molar-refractivity contribution in [3.05, 3.63) is 65.7 Å². The minimum Gasteiger partial charge on any atom is -0.480 e. The van der Waals surface area contributed by atoms with Crippen LogP contribution in [0.3, 0.4) is 0 Å². The van der Waals surface area contributed by atoms with Crippen molar-refractivity contribution in [2.75, 3.05) is 5.32 Å². The van der Waals surface area contributed by atoms with E-state index in [2.05, 4.69) is 10.6 Å². The normalized spacial score (nSPS) is 11.7. The highest BCUT2D eigenvalue weighted by molar-refractivity contribution is 6.05. The van der Waals surface area contributed by atoms with E-state index in [9.17, 15) is 19.5 Å². The first-order valence-electron chi connectivity index (χ1n) is 8.37. The summed E-state index contributed by atoms with van der Waals surface area (Å²) < 4.78 is 0. The topological polar surface area (TPSA) is 95.5 Å². The number of carbonyl (C=O) groups is 3. The molecule has 6 heteroatoms. The standard InChI is InChI=1S/C20H22N2O4/c1-13(2)12-17(20(25)26)22-19(24)15-10-8-14(9-11-15)18(23)21-16-6-4-3-5-7-16/h3-11,13,17H,12H2,1-2H3,(H,21,23)(H,22,24)(H,25,26)/t17-/m1/s1. The molecule has 2 aromatic rings. The van der Waals surface area contributed by atoms with Gasteiger partial charge < -0.3 is 15.7 Å². The maximum Gasteiger partial charge on any atom is 0.326 e. The van der Waals surface area contributed by atoms with Crippen LogP contribution in [0.2, 0.25) is 0 Å². The number of benzene rings is 2. The van der Waals surface area contributed by atoms with Crippen LogP contribution in [0.1, 0.15) is 41.0 Å². The molecule has 0 aliphatic rings. The lowest BCUT2D eigenvalue weighted by Gasteiger charge is -2.16. The smallest absolute Gasteiger partial charge is 0.326 e. The van der Waals surface area contributed by atoms with E-state index in [0.717, 1.165) is 0 Å². The molecule has 0 aromatic heterocycles. The third-order valence-corrected chi connectivity index (χ3v) is 3.75. The van der Waals surface area contributed by atoms with Crippen molar-refractivity contribution in [1.29, 1.82) is 0 Å². The lowest BCUT2D eigenvalue weighted by molar-refractivity contribution is -0.139. The molecule has 0 saturated carbocycles. The zero-order valence-corrected chi connectivity index (χ0v) is 14.7. The number of amides is 2. The predicted molar refractivity (Wildman–Crippen MR) is 99.2 cm³/mol. The largest absolute Gasteiger partial charge is 0.480 e. The van der Waals surface area contributed by atoms with Gasteiger partial charge in [0.25, 0.3) is 11.8 Å². The molecule has 0 heterocycles. The molecule has 2 amide bonds. The second kappa shape index (κ2) is 8.80. The fourth-order valence-electron chi connectivity index (χ4n) is 2.43. The molecule has 0 saturated heterocycles. The molecule has 2 aromatic carbocycles. The quantitative estimate of drug-likeness (QED) is 0.712. The number of anilines is 1. The minimum absolute atomic E-state index is 0.139. The second-order valence-corrected chi connectivity index (χ2v) is 6.39. The van der Waals surface area contributed by atoms with Gasteiger partial charge in [-0.25, -0.2) is 4.79 Å². The van der Waals surface area contributed by atoms with Crippen molar-refractivity contribution in [2.45, 2.75) is 26.3 Å². The fraction of sp³-hybridized carbons (Fsp3) is 0.250. The van der Waals surface area contributed by atoms with Crippen molar-refractivity contribution in [3.63, 3.8) is 0 Å². The predicted octanol–water partition coefficient (Wildman–Crippen LogP) is 3.17. The summed E-state index contributed by atoms with van der Waals surface area (Å²) in [4.78, 5) is 35.7. The van der Waals surface area contributed by atoms with Crippen molar-refractivity contribution in [2.24, 2.45) is 5.92 Å². The van der Waals surface area contributed by atoms with Gasteiger partial charge in [-0.3, -0.25) is 9.59 Å². The zero-order chi connectivity index (χ0) is 19.1. The summed E-state index contributed by atoms with van der Waals surface area (Å²) in [5.41, 5.74) is 1.39. The Morgan fingerprint density at radius 2 is 1.42 bits per heavy atom. The molecule has 0 unspecified atom stereocenters. The number of nitrogens with one attached hydrogen (secondary N) is 2. The molecule has 0 aliphatic carbocycles. The molecular weight excluding hydrogens is 332 g/mol. The minimum atomic E-state index is -1.06. The van der Waals surface area contributed by atoms with E-state index in [1.165, 1.54) is 24.3 Å². The monoisotopic (exact) mass is 354 g/mol. The first kappa shape index (κ1) is 19.2. The Bertz CT molecular complexity index is 770. The Balaban J connectivity index is 2.02. The van der Waals surface area contributed by atoms with Crippen molar-refractivity contribution >= 4 is 23.5 Å². The van der Waals surface area contributed by atoms with Crippen molar-refractivity contribution in [3.8, 4) is 0 Å². The Hall–Kier alpha value is -3.15. The first-order chi connectivity index (χ1) is 12.4. The van der Waals surface area contributed by atoms with E-state index in [4.69, 9.17) is 0 Å². The highest BCUT2D eigenvalue weighted by Crippen LogP contribution is 2.11. The van der Waals surface area contributed by atoms with Gasteiger partial charge in [-0.15, -0.1) is 0 Å². The third kappa shape index (κ3) is 5.44. The summed E-state index contributed by atoms with van der Waals surface area (Å²) in [6, 6.07) is 14.2. The van der Waals surface area contributed by atoms with Crippen LogP contribution in [0.4, 0.5) is 5.69 Å². The van der Waals surface area contributed by atoms with Gasteiger partial charge >= 0.3 is 5.97 Å². The molecule has 0 bridgehead atoms. The van der Waals surface area contributed by atoms with Crippen LogP contribution in [0, 0.1) is 5.92 Å². The van der Waals surface area contributed by atoms with Crippen LogP contribution in [0.25, 0.3) is 0 Å². The Morgan fingerprint density at radius 1 is 0.885 bits per heavy atom. The van der Waals surface area contributed by atoms with Crippen LogP contribution >= 0.6 is 0 Å². The first-order valence-corrected chi connectivity index (χ1v) is 8.37. The number of hydrogen-bond acceptors (Lipinski definition) is 3. The van der Waals surface area contributed by atoms with E-state index in [1.54, 1.807) is 12.1 Å². The summed E-state index contributed by atoms with van der Waals surface area (Å²) in [6.45, 7) is 3.78. The summed E-state index contributed by atoms with van der Waals surface area (Å²) in [7, 11) is 0. The molecule has 1 atom stereocenters. The number of hydrogen-bond donors (Lipinski definition) is 3. The fourth-order valence-corrected chi connectivity index (χ4v) is 2.43. The maximum atomic E-state index is 12.2. The average molecular weight is 354 g/mol. The number of aliphatic carboxylic acids is 1. The maximum absolute atomic E-state index is 12.2. The molecule has 2 rings (SSSR count). The summed E-state index contributed by atoms with van der Waals surface area (Å²) in [5.74, 6) is -1.69. The molecule has 26 heavy (non-hydrogen) atoms. The molecule has 0 aliphatic heterocycles. The molecular formula is C20H22N2O4. The van der Waals surface area contributed by atoms with E-state index in [0.29, 0.717) is 23.2 Å². The van der Waals surface area contributed by atoms with Gasteiger partial charge in [0.15, 0.2) is 0 Å². The van der Waals surface area contributed by atoms with Gasteiger partial charge in [0, 0.05) is 16.8 Å². The summed E-state index contributed by atoms with van der Waals surface area (Å²) in [6.07, 6.45) is 0.346. The van der Waals surface area contributed by atoms with Gasteiger partial charge in [0.1, 0.15) is 6.04 Å². The zero-order valence-electron chi connectivity index (χ0n) is 14.7. The Morgan fingerprint density at radius 3 is 1.92 bits per heavy atom. The van der Waals surface area contributed by atoms with Crippen LogP contribution < -0.4 is 10.6 Å². The highest BCUT2D eigenvalue weighted by Gasteiger charge is 2.21. The van der Waals surface area contributed by atoms with Crippen LogP contribution in [0.15, 0.2) is 54.6 Å². The third-order valence-electron chi connectivity index (χ3n) is 3.75. The summed E-state index contributed by atoms with van der Waals surface area (Å²) >= 11 is 0. The van der Waals surface area contributed by atoms with E-state index in [-0.39, 0.29) is 11.8 Å². The number of rotatable bonds is 7. The van der Waals surface area contributed by atoms with Crippen LogP contribution in [-0.4, -0.2) is 28.9 Å². The lowest BCUT2D eigenvalue weighted by atomic mass is 10.0. The molecule has 6 nitrogen and oxygen atoms in total.